The van der Waals surface area contributed by atoms with Gasteiger partial charge < -0.3 is 10.6 Å². The van der Waals surface area contributed by atoms with E-state index in [-0.39, 0.29) is 17.2 Å². The Bertz CT molecular complexity index is 711. The summed E-state index contributed by atoms with van der Waals surface area (Å²) in [4.78, 5) is 11.3. The normalized spacial score (nSPS) is 11.9. The van der Waals surface area contributed by atoms with E-state index in [1.54, 1.807) is 36.4 Å². The van der Waals surface area contributed by atoms with Gasteiger partial charge in [0.15, 0.2) is 5.57 Å². The van der Waals surface area contributed by atoms with Gasteiger partial charge in [0.25, 0.3) is 0 Å². The van der Waals surface area contributed by atoms with Crippen LogP contribution >= 0.6 is 0 Å². The van der Waals surface area contributed by atoms with Crippen molar-refractivity contribution < 1.29 is 4.79 Å². The van der Waals surface area contributed by atoms with Crippen LogP contribution < -0.4 is 10.6 Å². The van der Waals surface area contributed by atoms with Crippen LogP contribution in [-0.2, 0) is 11.2 Å². The minimum absolute atomic E-state index is 0.0552. The Morgan fingerprint density at radius 3 is 2.55 bits per heavy atom. The Hall–Kier alpha value is -3.30. The van der Waals surface area contributed by atoms with Crippen LogP contribution in [0.15, 0.2) is 29.5 Å². The van der Waals surface area contributed by atoms with Crippen LogP contribution in [0.4, 0.5) is 11.4 Å². The molecule has 0 saturated heterocycles. The first-order valence-electron chi connectivity index (χ1n) is 5.83. The molecular formula is C14H9N5O. The van der Waals surface area contributed by atoms with E-state index in [9.17, 15) is 4.79 Å². The number of anilines is 2. The predicted octanol–water partition coefficient (Wildman–Crippen LogP) is 1.81. The van der Waals surface area contributed by atoms with Gasteiger partial charge in [0.2, 0.25) is 5.91 Å². The van der Waals surface area contributed by atoms with Crippen molar-refractivity contribution in [1.29, 1.82) is 15.8 Å². The standard InChI is InChI=1S/C14H9N5O/c15-6-9(7-16)13(8-17)18-11-2-1-3-12-10(11)4-5-14(20)19-12/h1-3,18H,4-5H2,(H,19,20). The summed E-state index contributed by atoms with van der Waals surface area (Å²) in [6, 6.07) is 10.4. The number of nitrogens with zero attached hydrogens (tertiary/aromatic N) is 3. The number of allylic oxidation sites excluding steroid dienone is 2. The Labute approximate surface area is 115 Å². The van der Waals surface area contributed by atoms with E-state index in [1.165, 1.54) is 0 Å². The average molecular weight is 263 g/mol. The highest BCUT2D eigenvalue weighted by molar-refractivity contribution is 5.95. The number of rotatable bonds is 2. The Kier molecular flexibility index (Phi) is 3.65. The average Bonchev–Trinajstić information content (AvgIpc) is 2.47. The SMILES string of the molecule is N#CC(C#N)=C(C#N)Nc1cccc2c1CCC(=O)N2. The molecule has 0 bridgehead atoms. The summed E-state index contributed by atoms with van der Waals surface area (Å²) in [6.07, 6.45) is 0.901. The molecule has 0 fully saturated rings. The topological polar surface area (TPSA) is 112 Å². The molecule has 0 radical (unpaired) electrons. The Morgan fingerprint density at radius 2 is 1.90 bits per heavy atom. The molecule has 0 aromatic heterocycles. The number of amides is 1. The van der Waals surface area contributed by atoms with Gasteiger partial charge in [-0.15, -0.1) is 0 Å². The van der Waals surface area contributed by atoms with Gasteiger partial charge in [-0.3, -0.25) is 4.79 Å². The molecule has 20 heavy (non-hydrogen) atoms. The van der Waals surface area contributed by atoms with Gasteiger partial charge >= 0.3 is 0 Å². The lowest BCUT2D eigenvalue weighted by Gasteiger charge is -2.20. The van der Waals surface area contributed by atoms with Crippen LogP contribution in [0, 0.1) is 34.0 Å². The van der Waals surface area contributed by atoms with Crippen LogP contribution in [0.3, 0.4) is 0 Å². The molecule has 0 saturated carbocycles. The van der Waals surface area contributed by atoms with Crippen LogP contribution in [-0.4, -0.2) is 5.91 Å². The van der Waals surface area contributed by atoms with Gasteiger partial charge in [-0.2, -0.15) is 15.8 Å². The highest BCUT2D eigenvalue weighted by atomic mass is 16.1. The van der Waals surface area contributed by atoms with Crippen molar-refractivity contribution in [3.05, 3.63) is 35.0 Å². The second-order valence-electron chi connectivity index (χ2n) is 4.09. The number of hydrogen-bond acceptors (Lipinski definition) is 5. The molecule has 2 N–H and O–H groups in total. The maximum absolute atomic E-state index is 11.3. The maximum Gasteiger partial charge on any atom is 0.224 e. The zero-order chi connectivity index (χ0) is 14.5. The molecule has 1 aliphatic heterocycles. The summed E-state index contributed by atoms with van der Waals surface area (Å²) in [6.45, 7) is 0. The second-order valence-corrected chi connectivity index (χ2v) is 4.09. The number of nitrogens with one attached hydrogen (secondary N) is 2. The van der Waals surface area contributed by atoms with E-state index < -0.39 is 0 Å². The minimum atomic E-state index is -0.273. The molecular weight excluding hydrogens is 254 g/mol. The van der Waals surface area contributed by atoms with E-state index in [1.807, 2.05) is 0 Å². The molecule has 2 rings (SSSR count). The summed E-state index contributed by atoms with van der Waals surface area (Å²) in [5, 5.41) is 32.2. The Morgan fingerprint density at radius 1 is 1.15 bits per heavy atom. The molecule has 1 aromatic rings. The zero-order valence-corrected chi connectivity index (χ0v) is 10.4. The van der Waals surface area contributed by atoms with Crippen LogP contribution in [0.5, 0.6) is 0 Å². The lowest BCUT2D eigenvalue weighted by molar-refractivity contribution is -0.116. The van der Waals surface area contributed by atoms with Gasteiger partial charge in [-0.25, -0.2) is 0 Å². The third kappa shape index (κ3) is 2.43. The largest absolute Gasteiger partial charge is 0.345 e. The van der Waals surface area contributed by atoms with Crippen molar-refractivity contribution in [2.24, 2.45) is 0 Å². The lowest BCUT2D eigenvalue weighted by Crippen LogP contribution is -2.20. The molecule has 96 valence electrons. The summed E-state index contributed by atoms with van der Waals surface area (Å²) in [5.41, 5.74) is 1.78. The van der Waals surface area contributed by atoms with E-state index in [2.05, 4.69) is 10.6 Å². The third-order valence-electron chi connectivity index (χ3n) is 2.90. The van der Waals surface area contributed by atoms with Gasteiger partial charge in [0.1, 0.15) is 23.9 Å². The van der Waals surface area contributed by atoms with E-state index in [0.29, 0.717) is 24.2 Å². The quantitative estimate of drug-likeness (QED) is 0.790. The monoisotopic (exact) mass is 263 g/mol. The van der Waals surface area contributed by atoms with Crippen LogP contribution in [0.25, 0.3) is 0 Å². The number of nitriles is 3. The van der Waals surface area contributed by atoms with Gasteiger partial charge in [0, 0.05) is 17.8 Å². The fourth-order valence-electron chi connectivity index (χ4n) is 1.96. The zero-order valence-electron chi connectivity index (χ0n) is 10.4. The molecule has 1 amide bonds. The molecule has 0 unspecified atom stereocenters. The highest BCUT2D eigenvalue weighted by Gasteiger charge is 2.18. The van der Waals surface area contributed by atoms with E-state index in [0.717, 1.165) is 5.56 Å². The van der Waals surface area contributed by atoms with Crippen LogP contribution in [0.1, 0.15) is 12.0 Å². The first-order valence-corrected chi connectivity index (χ1v) is 5.83. The number of carbonyl (C=O) groups is 1. The lowest BCUT2D eigenvalue weighted by atomic mass is 10.0. The molecule has 1 heterocycles. The van der Waals surface area contributed by atoms with Crippen molar-refractivity contribution in [3.8, 4) is 18.2 Å². The van der Waals surface area contributed by atoms with Crippen LogP contribution in [0.2, 0.25) is 0 Å². The fourth-order valence-corrected chi connectivity index (χ4v) is 1.96. The van der Waals surface area contributed by atoms with E-state index >= 15 is 0 Å². The maximum atomic E-state index is 11.3. The smallest absolute Gasteiger partial charge is 0.224 e. The minimum Gasteiger partial charge on any atom is -0.345 e. The fraction of sp³-hybridized carbons (Fsp3) is 0.143. The predicted molar refractivity (Wildman–Crippen MR) is 70.9 cm³/mol. The van der Waals surface area contributed by atoms with Gasteiger partial charge in [-0.1, -0.05) is 6.07 Å². The Balaban J connectivity index is 2.42. The van der Waals surface area contributed by atoms with Gasteiger partial charge in [0.05, 0.1) is 0 Å². The second kappa shape index (κ2) is 5.56. The molecule has 6 nitrogen and oxygen atoms in total. The molecule has 0 aliphatic carbocycles. The molecule has 1 aliphatic rings. The third-order valence-corrected chi connectivity index (χ3v) is 2.90. The highest BCUT2D eigenvalue weighted by Crippen LogP contribution is 2.30. The van der Waals surface area contributed by atoms with Crippen molar-refractivity contribution in [3.63, 3.8) is 0 Å². The number of fused-ring (bicyclic) bond motifs is 1. The summed E-state index contributed by atoms with van der Waals surface area (Å²) in [7, 11) is 0. The van der Waals surface area contributed by atoms with Gasteiger partial charge in [-0.05, 0) is 24.1 Å². The molecule has 0 spiro atoms. The number of carbonyl (C=O) groups excluding carboxylic acids is 1. The summed E-state index contributed by atoms with van der Waals surface area (Å²) >= 11 is 0. The molecule has 1 aromatic carbocycles. The van der Waals surface area contributed by atoms with Crippen molar-refractivity contribution >= 4 is 17.3 Å². The summed E-state index contributed by atoms with van der Waals surface area (Å²) < 4.78 is 0. The summed E-state index contributed by atoms with van der Waals surface area (Å²) in [5.74, 6) is -0.0552. The number of benzene rings is 1. The van der Waals surface area contributed by atoms with Crippen molar-refractivity contribution in [2.75, 3.05) is 10.6 Å². The first-order chi connectivity index (χ1) is 9.69. The van der Waals surface area contributed by atoms with E-state index in [4.69, 9.17) is 15.8 Å². The first kappa shape index (κ1) is 13.1. The number of hydrogen-bond donors (Lipinski definition) is 2. The van der Waals surface area contributed by atoms with Crippen molar-refractivity contribution in [1.82, 2.24) is 0 Å². The molecule has 0 atom stereocenters. The molecule has 6 heteroatoms. The van der Waals surface area contributed by atoms with Crippen molar-refractivity contribution in [2.45, 2.75) is 12.8 Å².